The average Bonchev–Trinajstić information content (AvgIpc) is 3.53. The lowest BCUT2D eigenvalue weighted by Crippen LogP contribution is -2.38. The van der Waals surface area contributed by atoms with Crippen molar-refractivity contribution in [2.45, 2.75) is 180 Å². The molecule has 0 saturated carbocycles. The number of esters is 2. The maximum absolute atomic E-state index is 13.0. The monoisotopic (exact) mass is 941 g/mol. The third-order valence-corrected chi connectivity index (χ3v) is 12.8. The molecule has 0 aliphatic rings. The van der Waals surface area contributed by atoms with Gasteiger partial charge >= 0.3 is 25.7 Å². The second-order valence-electron chi connectivity index (χ2n) is 16.1. The van der Waals surface area contributed by atoms with Crippen LogP contribution < -0.4 is 11.5 Å². The standard InChI is InChI=1S/C48H81N2O12PS/c1-5-7-9-10-11-12-13-14-15-16-20-24-30-45(42(51)27-26-31-46(52)53)64-37-41(50)48(55)58-35-40(36-60-63(56,57)59-34-33-49)61-47(54)32-25-21-18-17-19-23-29-44-39(4)38(3)43(62-44)28-22-8-6-2/h11-12,14-16,20,24,30,40-42,45,51H,5-10,13,17-19,21-23,25-29,31-37,49-50H2,1-4H3,(H,52,53)(H,56,57)/b12-11-,15-14-,20-16+,30-24+/t40-,41+,42+,45-/m1/s1. The molecule has 0 aliphatic heterocycles. The predicted octanol–water partition coefficient (Wildman–Crippen LogP) is 9.69. The van der Waals surface area contributed by atoms with E-state index in [1.54, 1.807) is 12.2 Å². The number of carboxylic acids is 1. The number of hydrogen-bond donors (Lipinski definition) is 5. The summed E-state index contributed by atoms with van der Waals surface area (Å²) in [5, 5.41) is 19.4. The summed E-state index contributed by atoms with van der Waals surface area (Å²) in [4.78, 5) is 46.9. The second kappa shape index (κ2) is 37.1. The van der Waals surface area contributed by atoms with Crippen LogP contribution in [0.1, 0.15) is 152 Å². The van der Waals surface area contributed by atoms with E-state index in [0.717, 1.165) is 75.7 Å². The Hall–Kier alpha value is -3.01. The quantitative estimate of drug-likeness (QED) is 0.0136. The lowest BCUT2D eigenvalue weighted by molar-refractivity contribution is -0.161. The third-order valence-electron chi connectivity index (χ3n) is 10.4. The Bertz CT molecular complexity index is 1600. The zero-order chi connectivity index (χ0) is 47.4. The molecule has 0 fully saturated rings. The first-order valence-corrected chi connectivity index (χ1v) is 26.0. The molecular weight excluding hydrogens is 860 g/mol. The molecule has 0 bridgehead atoms. The molecule has 1 aromatic rings. The van der Waals surface area contributed by atoms with Crippen molar-refractivity contribution in [3.05, 3.63) is 71.3 Å². The Morgan fingerprint density at radius 3 is 2.11 bits per heavy atom. The van der Waals surface area contributed by atoms with E-state index in [-0.39, 0.29) is 44.6 Å². The molecule has 0 saturated heterocycles. The number of allylic oxidation sites excluding steroid dienone is 7. The van der Waals surface area contributed by atoms with E-state index in [2.05, 4.69) is 39.8 Å². The number of carbonyl (C=O) groups excluding carboxylic acids is 2. The van der Waals surface area contributed by atoms with Crippen LogP contribution in [0.25, 0.3) is 0 Å². The van der Waals surface area contributed by atoms with Gasteiger partial charge in [-0.2, -0.15) is 0 Å². The van der Waals surface area contributed by atoms with Gasteiger partial charge in [0.15, 0.2) is 6.10 Å². The maximum Gasteiger partial charge on any atom is 0.472 e. The van der Waals surface area contributed by atoms with Crippen LogP contribution in [0.3, 0.4) is 0 Å². The summed E-state index contributed by atoms with van der Waals surface area (Å²) in [6.45, 7) is 7.31. The number of nitrogens with two attached hydrogens (primary N) is 2. The Morgan fingerprint density at radius 2 is 1.44 bits per heavy atom. The van der Waals surface area contributed by atoms with Crippen LogP contribution in [0.4, 0.5) is 0 Å². The van der Waals surface area contributed by atoms with Crippen LogP contribution in [0, 0.1) is 13.8 Å². The van der Waals surface area contributed by atoms with Crippen molar-refractivity contribution in [3.63, 3.8) is 0 Å². The number of phosphoric ester groups is 1. The van der Waals surface area contributed by atoms with Crippen molar-refractivity contribution >= 4 is 37.5 Å². The molecule has 5 atom stereocenters. The van der Waals surface area contributed by atoms with Crippen LogP contribution in [-0.4, -0.2) is 88.6 Å². The van der Waals surface area contributed by atoms with Crippen molar-refractivity contribution < 1.29 is 57.0 Å². The van der Waals surface area contributed by atoms with Crippen molar-refractivity contribution in [3.8, 4) is 0 Å². The molecule has 0 aromatic carbocycles. The normalized spacial score (nSPS) is 15.0. The van der Waals surface area contributed by atoms with E-state index in [0.29, 0.717) is 6.42 Å². The minimum absolute atomic E-state index is 0.0232. The number of carboxylic acid groups (broad SMARTS) is 1. The SMILES string of the molecule is CCCCC/C=C\C\C=C/C=C/C=C/[C@@H](SC[C@H](N)C(=O)OC[C@H](COP(=O)(O)OCCN)OC(=O)CCCCCCCCc1oc(CCCCC)c(C)c1C)[C@@H](O)CCCC(=O)O. The van der Waals surface area contributed by atoms with E-state index < -0.39 is 62.4 Å². The maximum atomic E-state index is 13.0. The Kier molecular flexibility index (Phi) is 34.2. The molecule has 366 valence electrons. The van der Waals surface area contributed by atoms with E-state index in [4.69, 9.17) is 39.5 Å². The van der Waals surface area contributed by atoms with Crippen molar-refractivity contribution in [2.75, 3.05) is 32.1 Å². The van der Waals surface area contributed by atoms with Crippen molar-refractivity contribution in [1.82, 2.24) is 0 Å². The molecular formula is C48H81N2O12PS. The van der Waals surface area contributed by atoms with Gasteiger partial charge in [-0.15, -0.1) is 11.8 Å². The first-order chi connectivity index (χ1) is 30.7. The molecule has 1 rings (SSSR count). The van der Waals surface area contributed by atoms with Crippen LogP contribution in [0.5, 0.6) is 0 Å². The van der Waals surface area contributed by atoms with E-state index in [1.807, 2.05) is 24.3 Å². The first kappa shape index (κ1) is 59.0. The molecule has 0 amide bonds. The number of aliphatic hydroxyl groups is 1. The average molecular weight is 941 g/mol. The summed E-state index contributed by atoms with van der Waals surface area (Å²) in [6, 6.07) is -1.14. The number of carbonyl (C=O) groups is 3. The smallest absolute Gasteiger partial charge is 0.472 e. The lowest BCUT2D eigenvalue weighted by atomic mass is 10.0. The molecule has 1 unspecified atom stereocenters. The largest absolute Gasteiger partial charge is 0.481 e. The van der Waals surface area contributed by atoms with Crippen molar-refractivity contribution in [2.24, 2.45) is 11.5 Å². The molecule has 64 heavy (non-hydrogen) atoms. The number of ether oxygens (including phenoxy) is 2. The van der Waals surface area contributed by atoms with Gasteiger partial charge in [0.1, 0.15) is 24.2 Å². The van der Waals surface area contributed by atoms with Crippen LogP contribution in [0.2, 0.25) is 0 Å². The number of rotatable bonds is 40. The highest BCUT2D eigenvalue weighted by atomic mass is 32.2. The number of hydrogen-bond acceptors (Lipinski definition) is 13. The summed E-state index contributed by atoms with van der Waals surface area (Å²) in [5.74, 6) is -0.115. The van der Waals surface area contributed by atoms with E-state index in [1.165, 1.54) is 55.0 Å². The lowest BCUT2D eigenvalue weighted by Gasteiger charge is -2.22. The molecule has 0 aliphatic carbocycles. The Balaban J connectivity index is 2.70. The van der Waals surface area contributed by atoms with Gasteiger partial charge in [0.25, 0.3) is 0 Å². The summed E-state index contributed by atoms with van der Waals surface area (Å²) < 4.78 is 39.2. The predicted molar refractivity (Wildman–Crippen MR) is 256 cm³/mol. The minimum atomic E-state index is -4.53. The molecule has 0 radical (unpaired) electrons. The van der Waals surface area contributed by atoms with Gasteiger partial charge in [0.2, 0.25) is 0 Å². The van der Waals surface area contributed by atoms with Gasteiger partial charge in [-0.1, -0.05) is 114 Å². The zero-order valence-corrected chi connectivity index (χ0v) is 40.8. The number of aliphatic hydroxyl groups excluding tert-OH is 1. The fourth-order valence-electron chi connectivity index (χ4n) is 6.49. The van der Waals surface area contributed by atoms with E-state index in [9.17, 15) is 28.9 Å². The fourth-order valence-corrected chi connectivity index (χ4v) is 8.38. The van der Waals surface area contributed by atoms with Gasteiger partial charge in [-0.3, -0.25) is 23.4 Å². The first-order valence-electron chi connectivity index (χ1n) is 23.4. The number of aliphatic carboxylic acids is 1. The van der Waals surface area contributed by atoms with E-state index >= 15 is 0 Å². The highest BCUT2D eigenvalue weighted by Crippen LogP contribution is 2.43. The van der Waals surface area contributed by atoms with Crippen LogP contribution in [-0.2, 0) is 50.3 Å². The topological polar surface area (TPSA) is 231 Å². The summed E-state index contributed by atoms with van der Waals surface area (Å²) >= 11 is 1.21. The second-order valence-corrected chi connectivity index (χ2v) is 18.7. The number of phosphoric acid groups is 1. The van der Waals surface area contributed by atoms with Gasteiger partial charge in [0.05, 0.1) is 19.3 Å². The Morgan fingerprint density at radius 1 is 0.797 bits per heavy atom. The fraction of sp³-hybridized carbons (Fsp3) is 0.688. The highest BCUT2D eigenvalue weighted by molar-refractivity contribution is 8.00. The number of furan rings is 1. The molecule has 1 aromatic heterocycles. The van der Waals surface area contributed by atoms with Gasteiger partial charge in [0, 0.05) is 43.2 Å². The van der Waals surface area contributed by atoms with Gasteiger partial charge in [-0.05, 0) is 76.3 Å². The molecule has 7 N–H and O–H groups in total. The summed E-state index contributed by atoms with van der Waals surface area (Å²) in [7, 11) is -4.53. The third kappa shape index (κ3) is 29.5. The molecule has 0 spiro atoms. The molecule has 16 heteroatoms. The summed E-state index contributed by atoms with van der Waals surface area (Å²) in [6.07, 6.45) is 30.3. The van der Waals surface area contributed by atoms with Crippen LogP contribution >= 0.6 is 19.6 Å². The van der Waals surface area contributed by atoms with Crippen LogP contribution in [0.15, 0.2) is 53.0 Å². The Labute approximate surface area is 387 Å². The molecule has 1 heterocycles. The number of aryl methyl sites for hydroxylation is 2. The minimum Gasteiger partial charge on any atom is -0.481 e. The highest BCUT2D eigenvalue weighted by Gasteiger charge is 2.27. The zero-order valence-electron chi connectivity index (χ0n) is 39.1. The van der Waals surface area contributed by atoms with Gasteiger partial charge < -0.3 is 40.5 Å². The number of unbranched alkanes of at least 4 members (excludes halogenated alkanes) is 10. The van der Waals surface area contributed by atoms with Crippen molar-refractivity contribution in [1.29, 1.82) is 0 Å². The van der Waals surface area contributed by atoms with Gasteiger partial charge in [-0.25, -0.2) is 4.57 Å². The summed E-state index contributed by atoms with van der Waals surface area (Å²) in [5.41, 5.74) is 14.1. The molecule has 14 nitrogen and oxygen atoms in total. The number of thioether (sulfide) groups is 1.